The second-order valence-corrected chi connectivity index (χ2v) is 4.70. The summed E-state index contributed by atoms with van der Waals surface area (Å²) in [5.41, 5.74) is 1.13. The summed E-state index contributed by atoms with van der Waals surface area (Å²) in [6, 6.07) is 5.17. The van der Waals surface area contributed by atoms with Gasteiger partial charge >= 0.3 is 6.18 Å². The molecule has 0 aromatic heterocycles. The number of alkyl halides is 3. The average Bonchev–Trinajstić information content (AvgIpc) is 2.51. The van der Waals surface area contributed by atoms with E-state index in [1.807, 2.05) is 0 Å². The van der Waals surface area contributed by atoms with E-state index in [1.165, 1.54) is 0 Å². The fourth-order valence-corrected chi connectivity index (χ4v) is 1.76. The standard InChI is InChI=1S/C14H15F3N2O4/c1-9(19-23-7-13(20)18-8-14(15,16)17)10-2-3-11-12(6-10)22-5-4-21-11/h2-3,6H,4-5,7-8H2,1H3,(H,18,20). The molecule has 0 spiro atoms. The Hall–Kier alpha value is -2.45. The van der Waals surface area contributed by atoms with Crippen LogP contribution in [0.2, 0.25) is 0 Å². The molecule has 9 heteroatoms. The van der Waals surface area contributed by atoms with Gasteiger partial charge in [0.05, 0.1) is 5.71 Å². The first-order valence-electron chi connectivity index (χ1n) is 6.75. The summed E-state index contributed by atoms with van der Waals surface area (Å²) >= 11 is 0. The van der Waals surface area contributed by atoms with E-state index >= 15 is 0 Å². The van der Waals surface area contributed by atoms with Crippen molar-refractivity contribution in [3.63, 3.8) is 0 Å². The van der Waals surface area contributed by atoms with Gasteiger partial charge in [0.1, 0.15) is 19.8 Å². The Morgan fingerprint density at radius 1 is 1.30 bits per heavy atom. The average molecular weight is 332 g/mol. The van der Waals surface area contributed by atoms with Gasteiger partial charge in [-0.2, -0.15) is 13.2 Å². The molecule has 0 atom stereocenters. The molecule has 23 heavy (non-hydrogen) atoms. The SMILES string of the molecule is CC(=NOCC(=O)NCC(F)(F)F)c1ccc2c(c1)OCCO2. The second kappa shape index (κ2) is 7.21. The first-order valence-corrected chi connectivity index (χ1v) is 6.75. The monoisotopic (exact) mass is 332 g/mol. The van der Waals surface area contributed by atoms with Crippen molar-refractivity contribution in [3.8, 4) is 11.5 Å². The summed E-state index contributed by atoms with van der Waals surface area (Å²) in [7, 11) is 0. The van der Waals surface area contributed by atoms with E-state index in [9.17, 15) is 18.0 Å². The van der Waals surface area contributed by atoms with Crippen molar-refractivity contribution in [3.05, 3.63) is 23.8 Å². The van der Waals surface area contributed by atoms with Crippen LogP contribution < -0.4 is 14.8 Å². The molecule has 0 fully saturated rings. The zero-order chi connectivity index (χ0) is 16.9. The number of benzene rings is 1. The number of hydrogen-bond donors (Lipinski definition) is 1. The van der Waals surface area contributed by atoms with Crippen LogP contribution in [0.4, 0.5) is 13.2 Å². The molecule has 1 aromatic carbocycles. The molecule has 1 N–H and O–H groups in total. The number of ether oxygens (including phenoxy) is 2. The lowest BCUT2D eigenvalue weighted by Gasteiger charge is -2.18. The van der Waals surface area contributed by atoms with Gasteiger partial charge < -0.3 is 19.6 Å². The highest BCUT2D eigenvalue weighted by Crippen LogP contribution is 2.30. The van der Waals surface area contributed by atoms with Crippen molar-refractivity contribution in [2.24, 2.45) is 5.16 Å². The minimum Gasteiger partial charge on any atom is -0.486 e. The van der Waals surface area contributed by atoms with E-state index in [4.69, 9.17) is 14.3 Å². The lowest BCUT2D eigenvalue weighted by atomic mass is 10.1. The second-order valence-electron chi connectivity index (χ2n) is 4.70. The van der Waals surface area contributed by atoms with Crippen LogP contribution in [0.3, 0.4) is 0 Å². The predicted octanol–water partition coefficient (Wildman–Crippen LogP) is 1.88. The number of nitrogens with one attached hydrogen (secondary N) is 1. The number of oxime groups is 1. The first kappa shape index (κ1) is 16.9. The molecule has 1 heterocycles. The van der Waals surface area contributed by atoms with Crippen molar-refractivity contribution in [1.29, 1.82) is 0 Å². The topological polar surface area (TPSA) is 69.2 Å². The number of halogens is 3. The van der Waals surface area contributed by atoms with Crippen LogP contribution in [-0.4, -0.2) is 44.2 Å². The lowest BCUT2D eigenvalue weighted by Crippen LogP contribution is -2.35. The van der Waals surface area contributed by atoms with Crippen LogP contribution in [0, 0.1) is 0 Å². The van der Waals surface area contributed by atoms with Crippen molar-refractivity contribution < 1.29 is 32.3 Å². The van der Waals surface area contributed by atoms with E-state index in [1.54, 1.807) is 30.4 Å². The van der Waals surface area contributed by atoms with E-state index in [0.29, 0.717) is 36.0 Å². The minimum atomic E-state index is -4.46. The van der Waals surface area contributed by atoms with Gasteiger partial charge in [0.25, 0.3) is 5.91 Å². The fraction of sp³-hybridized carbons (Fsp3) is 0.429. The van der Waals surface area contributed by atoms with Crippen LogP contribution in [0.15, 0.2) is 23.4 Å². The highest BCUT2D eigenvalue weighted by Gasteiger charge is 2.27. The highest BCUT2D eigenvalue weighted by atomic mass is 19.4. The molecule has 1 aromatic rings. The zero-order valence-electron chi connectivity index (χ0n) is 12.3. The van der Waals surface area contributed by atoms with Gasteiger partial charge in [-0.1, -0.05) is 5.16 Å². The number of carbonyl (C=O) groups is 1. The number of carbonyl (C=O) groups excluding carboxylic acids is 1. The number of amides is 1. The quantitative estimate of drug-likeness (QED) is 0.660. The van der Waals surface area contributed by atoms with E-state index in [2.05, 4.69) is 5.16 Å². The summed E-state index contributed by atoms with van der Waals surface area (Å²) in [4.78, 5) is 15.9. The maximum atomic E-state index is 11.9. The van der Waals surface area contributed by atoms with Gasteiger partial charge in [-0.25, -0.2) is 0 Å². The lowest BCUT2D eigenvalue weighted by molar-refractivity contribution is -0.141. The minimum absolute atomic E-state index is 0.447. The van der Waals surface area contributed by atoms with Gasteiger partial charge in [-0.3, -0.25) is 4.79 Å². The Bertz CT molecular complexity index is 602. The van der Waals surface area contributed by atoms with Gasteiger partial charge in [0, 0.05) is 5.56 Å². The van der Waals surface area contributed by atoms with Gasteiger partial charge in [0.15, 0.2) is 18.1 Å². The van der Waals surface area contributed by atoms with Crippen LogP contribution in [0.1, 0.15) is 12.5 Å². The smallest absolute Gasteiger partial charge is 0.405 e. The van der Waals surface area contributed by atoms with E-state index < -0.39 is 25.2 Å². The Balaban J connectivity index is 1.86. The molecule has 0 aliphatic carbocycles. The maximum absolute atomic E-state index is 11.9. The van der Waals surface area contributed by atoms with Crippen LogP contribution >= 0.6 is 0 Å². The molecule has 0 unspecified atom stereocenters. The molecule has 0 saturated carbocycles. The molecule has 2 rings (SSSR count). The van der Waals surface area contributed by atoms with Crippen molar-refractivity contribution in [2.45, 2.75) is 13.1 Å². The summed E-state index contributed by atoms with van der Waals surface area (Å²) < 4.78 is 46.6. The summed E-state index contributed by atoms with van der Waals surface area (Å²) in [6.45, 7) is 0.565. The highest BCUT2D eigenvalue weighted by molar-refractivity contribution is 5.99. The fourth-order valence-electron chi connectivity index (χ4n) is 1.76. The number of rotatable bonds is 5. The molecule has 0 radical (unpaired) electrons. The first-order chi connectivity index (χ1) is 10.8. The van der Waals surface area contributed by atoms with E-state index in [-0.39, 0.29) is 0 Å². The summed E-state index contributed by atoms with van der Waals surface area (Å²) in [5, 5.41) is 5.39. The molecule has 126 valence electrons. The van der Waals surface area contributed by atoms with Gasteiger partial charge in [0.2, 0.25) is 0 Å². The molecule has 0 saturated heterocycles. The van der Waals surface area contributed by atoms with Crippen molar-refractivity contribution in [2.75, 3.05) is 26.4 Å². The third-order valence-corrected chi connectivity index (χ3v) is 2.84. The van der Waals surface area contributed by atoms with Crippen LogP contribution in [0.5, 0.6) is 11.5 Å². The normalized spacial score (nSPS) is 14.3. The third kappa shape index (κ3) is 5.35. The Morgan fingerprint density at radius 3 is 2.70 bits per heavy atom. The molecule has 1 aliphatic heterocycles. The molecule has 0 bridgehead atoms. The predicted molar refractivity (Wildman–Crippen MR) is 74.7 cm³/mol. The van der Waals surface area contributed by atoms with Crippen LogP contribution in [0.25, 0.3) is 0 Å². The van der Waals surface area contributed by atoms with Crippen molar-refractivity contribution >= 4 is 11.6 Å². The number of hydrogen-bond acceptors (Lipinski definition) is 5. The molecule has 1 aliphatic rings. The Morgan fingerprint density at radius 2 is 2.00 bits per heavy atom. The maximum Gasteiger partial charge on any atom is 0.405 e. The van der Waals surface area contributed by atoms with Crippen LogP contribution in [-0.2, 0) is 9.63 Å². The molecular formula is C14H15F3N2O4. The largest absolute Gasteiger partial charge is 0.486 e. The summed E-state index contributed by atoms with van der Waals surface area (Å²) in [5.74, 6) is 0.299. The third-order valence-electron chi connectivity index (χ3n) is 2.84. The van der Waals surface area contributed by atoms with Gasteiger partial charge in [-0.05, 0) is 25.1 Å². The Labute approximate surface area is 130 Å². The van der Waals surface area contributed by atoms with Crippen molar-refractivity contribution in [1.82, 2.24) is 5.32 Å². The molecule has 1 amide bonds. The zero-order valence-corrected chi connectivity index (χ0v) is 12.3. The summed E-state index contributed by atoms with van der Waals surface area (Å²) in [6.07, 6.45) is -4.46. The molecular weight excluding hydrogens is 317 g/mol. The number of fused-ring (bicyclic) bond motifs is 1. The van der Waals surface area contributed by atoms with E-state index in [0.717, 1.165) is 0 Å². The Kier molecular flexibility index (Phi) is 5.30. The van der Waals surface area contributed by atoms with Gasteiger partial charge in [-0.15, -0.1) is 0 Å². The molecule has 6 nitrogen and oxygen atoms in total. The number of nitrogens with zero attached hydrogens (tertiary/aromatic N) is 1.